The zero-order valence-corrected chi connectivity index (χ0v) is 9.10. The van der Waals surface area contributed by atoms with Crippen molar-refractivity contribution in [3.63, 3.8) is 0 Å². The molecule has 0 heterocycles. The van der Waals surface area contributed by atoms with Gasteiger partial charge < -0.3 is 10.8 Å². The van der Waals surface area contributed by atoms with Crippen LogP contribution in [-0.4, -0.2) is 11.7 Å². The monoisotopic (exact) mass is 211 g/mol. The van der Waals surface area contributed by atoms with E-state index in [4.69, 9.17) is 17.3 Å². The number of hydrogen-bond donors (Lipinski definition) is 2. The highest BCUT2D eigenvalue weighted by Gasteiger charge is 2.08. The van der Waals surface area contributed by atoms with Gasteiger partial charge in [0.2, 0.25) is 0 Å². The maximum Gasteiger partial charge on any atom is 0.122 e. The molecule has 0 radical (unpaired) electrons. The number of aromatic hydroxyl groups is 1. The van der Waals surface area contributed by atoms with Crippen molar-refractivity contribution in [1.29, 1.82) is 0 Å². The summed E-state index contributed by atoms with van der Waals surface area (Å²) in [5.74, 6) is 0.297. The highest BCUT2D eigenvalue weighted by molar-refractivity contribution is 6.32. The molecule has 0 saturated heterocycles. The van der Waals surface area contributed by atoms with Crippen LogP contribution in [0.5, 0.6) is 5.75 Å². The second-order valence-corrected chi connectivity index (χ2v) is 3.61. The Morgan fingerprint density at radius 3 is 2.71 bits per heavy atom. The summed E-state index contributed by atoms with van der Waals surface area (Å²) >= 11 is 6.04. The first-order valence-electron chi connectivity index (χ1n) is 4.43. The van der Waals surface area contributed by atoms with Crippen molar-refractivity contribution in [2.75, 3.05) is 6.54 Å². The first kappa shape index (κ1) is 11.1. The minimum Gasteiger partial charge on any atom is -0.507 e. The Kier molecular flexibility index (Phi) is 3.55. The van der Waals surface area contributed by atoms with E-state index in [9.17, 15) is 5.11 Å². The summed E-state index contributed by atoms with van der Waals surface area (Å²) in [5.41, 5.74) is 7.77. The van der Waals surface area contributed by atoms with Crippen molar-refractivity contribution in [1.82, 2.24) is 0 Å². The van der Waals surface area contributed by atoms with Crippen LogP contribution in [0, 0.1) is 13.8 Å². The molecular weight excluding hydrogens is 198 g/mol. The molecule has 0 bridgehead atoms. The third-order valence-corrected chi connectivity index (χ3v) is 2.47. The molecule has 14 heavy (non-hydrogen) atoms. The van der Waals surface area contributed by atoms with Gasteiger partial charge in [-0.3, -0.25) is 0 Å². The molecule has 0 aromatic heterocycles. The van der Waals surface area contributed by atoms with Gasteiger partial charge in [-0.25, -0.2) is 0 Å². The zero-order valence-electron chi connectivity index (χ0n) is 8.34. The summed E-state index contributed by atoms with van der Waals surface area (Å²) in [6.07, 6.45) is 3.64. The number of rotatable bonds is 2. The van der Waals surface area contributed by atoms with E-state index in [1.807, 2.05) is 26.0 Å². The Hall–Kier alpha value is -0.990. The van der Waals surface area contributed by atoms with E-state index < -0.39 is 0 Å². The van der Waals surface area contributed by atoms with E-state index in [1.165, 1.54) is 0 Å². The summed E-state index contributed by atoms with van der Waals surface area (Å²) in [7, 11) is 0. The average molecular weight is 212 g/mol. The Morgan fingerprint density at radius 1 is 1.50 bits per heavy atom. The van der Waals surface area contributed by atoms with Gasteiger partial charge in [0, 0.05) is 11.6 Å². The smallest absolute Gasteiger partial charge is 0.122 e. The minimum absolute atomic E-state index is 0.297. The zero-order chi connectivity index (χ0) is 10.7. The number of phenolic OH excluding ortho intramolecular Hbond substituents is 1. The van der Waals surface area contributed by atoms with Gasteiger partial charge in [0.15, 0.2) is 0 Å². The van der Waals surface area contributed by atoms with Crippen molar-refractivity contribution in [3.8, 4) is 5.75 Å². The lowest BCUT2D eigenvalue weighted by Crippen LogP contribution is -1.93. The topological polar surface area (TPSA) is 46.2 Å². The van der Waals surface area contributed by atoms with Gasteiger partial charge in [0.1, 0.15) is 5.75 Å². The third-order valence-electron chi connectivity index (χ3n) is 2.15. The summed E-state index contributed by atoms with van der Waals surface area (Å²) in [5, 5.41) is 10.3. The molecular formula is C11H14ClNO. The quantitative estimate of drug-likeness (QED) is 0.790. The van der Waals surface area contributed by atoms with Crippen molar-refractivity contribution in [3.05, 3.63) is 33.9 Å². The van der Waals surface area contributed by atoms with Crippen molar-refractivity contribution in [2.45, 2.75) is 13.8 Å². The maximum absolute atomic E-state index is 9.69. The van der Waals surface area contributed by atoms with E-state index in [0.29, 0.717) is 17.3 Å². The van der Waals surface area contributed by atoms with Gasteiger partial charge in [-0.2, -0.15) is 0 Å². The molecule has 76 valence electrons. The van der Waals surface area contributed by atoms with Crippen molar-refractivity contribution < 1.29 is 5.11 Å². The SMILES string of the molecule is Cc1cc(Cl)c(/C=C/CN)c(C)c1O. The molecule has 0 atom stereocenters. The summed E-state index contributed by atoms with van der Waals surface area (Å²) < 4.78 is 0. The molecule has 1 rings (SSSR count). The van der Waals surface area contributed by atoms with Crippen LogP contribution >= 0.6 is 11.6 Å². The lowest BCUT2D eigenvalue weighted by Gasteiger charge is -2.08. The van der Waals surface area contributed by atoms with E-state index in [0.717, 1.165) is 16.7 Å². The Balaban J connectivity index is 3.29. The molecule has 0 amide bonds. The van der Waals surface area contributed by atoms with Crippen LogP contribution in [0.15, 0.2) is 12.1 Å². The van der Waals surface area contributed by atoms with Crippen LogP contribution in [0.3, 0.4) is 0 Å². The number of aryl methyl sites for hydroxylation is 1. The molecule has 1 aromatic carbocycles. The van der Waals surface area contributed by atoms with Crippen LogP contribution in [-0.2, 0) is 0 Å². The van der Waals surface area contributed by atoms with Crippen molar-refractivity contribution >= 4 is 17.7 Å². The fourth-order valence-corrected chi connectivity index (χ4v) is 1.70. The lowest BCUT2D eigenvalue weighted by atomic mass is 10.0. The molecule has 0 saturated carbocycles. The fraction of sp³-hybridized carbons (Fsp3) is 0.273. The standard InChI is InChI=1S/C11H14ClNO/c1-7-6-10(12)9(4-3-5-13)8(2)11(7)14/h3-4,6,14H,5,13H2,1-2H3/b4-3+. The third kappa shape index (κ3) is 2.08. The molecule has 0 fully saturated rings. The number of benzene rings is 1. The normalized spacial score (nSPS) is 11.1. The van der Waals surface area contributed by atoms with Gasteiger partial charge in [-0.1, -0.05) is 23.8 Å². The maximum atomic E-state index is 9.69. The largest absolute Gasteiger partial charge is 0.507 e. The van der Waals surface area contributed by atoms with Crippen molar-refractivity contribution in [2.24, 2.45) is 5.73 Å². The molecule has 0 unspecified atom stereocenters. The molecule has 0 aliphatic heterocycles. The number of halogens is 1. The van der Waals surface area contributed by atoms with E-state index in [1.54, 1.807) is 6.07 Å². The van der Waals surface area contributed by atoms with Crippen LogP contribution < -0.4 is 5.73 Å². The van der Waals surface area contributed by atoms with Gasteiger partial charge in [0.05, 0.1) is 0 Å². The molecule has 3 N–H and O–H groups in total. The highest BCUT2D eigenvalue weighted by atomic mass is 35.5. The minimum atomic E-state index is 0.297. The first-order valence-corrected chi connectivity index (χ1v) is 4.81. The van der Waals surface area contributed by atoms with E-state index >= 15 is 0 Å². The van der Waals surface area contributed by atoms with Crippen LogP contribution in [0.1, 0.15) is 16.7 Å². The molecule has 1 aromatic rings. The van der Waals surface area contributed by atoms with Gasteiger partial charge in [-0.05, 0) is 36.6 Å². The summed E-state index contributed by atoms with van der Waals surface area (Å²) in [4.78, 5) is 0. The Bertz CT molecular complexity index is 372. The Morgan fingerprint density at radius 2 is 2.14 bits per heavy atom. The van der Waals surface area contributed by atoms with Crippen LogP contribution in [0.4, 0.5) is 0 Å². The fourth-order valence-electron chi connectivity index (χ4n) is 1.33. The predicted molar refractivity (Wildman–Crippen MR) is 60.7 cm³/mol. The second kappa shape index (κ2) is 4.49. The summed E-state index contributed by atoms with van der Waals surface area (Å²) in [6, 6.07) is 1.75. The Labute approximate surface area is 89.0 Å². The van der Waals surface area contributed by atoms with Gasteiger partial charge in [-0.15, -0.1) is 0 Å². The molecule has 3 heteroatoms. The summed E-state index contributed by atoms with van der Waals surface area (Å²) in [6.45, 7) is 4.12. The highest BCUT2D eigenvalue weighted by Crippen LogP contribution is 2.31. The van der Waals surface area contributed by atoms with E-state index in [2.05, 4.69) is 0 Å². The van der Waals surface area contributed by atoms with Crippen LogP contribution in [0.25, 0.3) is 6.08 Å². The molecule has 0 aliphatic rings. The van der Waals surface area contributed by atoms with Crippen LogP contribution in [0.2, 0.25) is 5.02 Å². The lowest BCUT2D eigenvalue weighted by molar-refractivity contribution is 0.467. The first-order chi connectivity index (χ1) is 6.57. The number of nitrogens with two attached hydrogens (primary N) is 1. The molecule has 2 nitrogen and oxygen atoms in total. The molecule has 0 spiro atoms. The average Bonchev–Trinajstić information content (AvgIpc) is 2.14. The van der Waals surface area contributed by atoms with Gasteiger partial charge in [0.25, 0.3) is 0 Å². The number of hydrogen-bond acceptors (Lipinski definition) is 2. The number of phenols is 1. The van der Waals surface area contributed by atoms with E-state index in [-0.39, 0.29) is 0 Å². The second-order valence-electron chi connectivity index (χ2n) is 3.20. The van der Waals surface area contributed by atoms with Gasteiger partial charge >= 0.3 is 0 Å². The molecule has 0 aliphatic carbocycles. The predicted octanol–water partition coefficient (Wildman–Crippen LogP) is 2.63.